The molecule has 3 aromatic rings. The third-order valence-corrected chi connectivity index (χ3v) is 4.98. The number of aromatic nitrogens is 1. The highest BCUT2D eigenvalue weighted by Gasteiger charge is 2.32. The molecule has 0 saturated heterocycles. The van der Waals surface area contributed by atoms with Crippen molar-refractivity contribution in [1.82, 2.24) is 4.98 Å². The lowest BCUT2D eigenvalue weighted by Crippen LogP contribution is -2.30. The fraction of sp³-hybridized carbons (Fsp3) is 0.200. The Labute approximate surface area is 165 Å². The first kappa shape index (κ1) is 19.6. The Morgan fingerprint density at radius 2 is 2.11 bits per heavy atom. The van der Waals surface area contributed by atoms with Crippen LogP contribution in [-0.4, -0.2) is 29.5 Å². The van der Waals surface area contributed by atoms with Gasteiger partial charge in [0.25, 0.3) is 0 Å². The van der Waals surface area contributed by atoms with E-state index in [1.807, 2.05) is 48.7 Å². The van der Waals surface area contributed by atoms with Crippen molar-refractivity contribution in [3.8, 4) is 0 Å². The molecule has 138 valence electrons. The van der Waals surface area contributed by atoms with Crippen molar-refractivity contribution in [2.24, 2.45) is 5.73 Å². The molecule has 0 radical (unpaired) electrons. The summed E-state index contributed by atoms with van der Waals surface area (Å²) in [6.07, 6.45) is 3.87. The predicted octanol–water partition coefficient (Wildman–Crippen LogP) is 1.42. The minimum atomic E-state index is -0.924. The maximum atomic E-state index is 13.0. The number of fused-ring (bicyclic) bond motifs is 2. The van der Waals surface area contributed by atoms with Gasteiger partial charge in [0.1, 0.15) is 5.78 Å². The minimum absolute atomic E-state index is 0. The summed E-state index contributed by atoms with van der Waals surface area (Å²) in [6, 6.07) is 13.5. The van der Waals surface area contributed by atoms with Crippen LogP contribution in [0, 0.1) is 0 Å². The molecule has 4 rings (SSSR count). The monoisotopic (exact) mass is 380 g/mol. The highest BCUT2D eigenvalue weighted by Crippen LogP contribution is 2.25. The predicted molar refractivity (Wildman–Crippen MR) is 111 cm³/mol. The van der Waals surface area contributed by atoms with Crippen molar-refractivity contribution in [1.29, 1.82) is 0 Å². The first-order chi connectivity index (χ1) is 12.7. The lowest BCUT2D eigenvalue weighted by Gasteiger charge is -2.17. The first-order valence-electron chi connectivity index (χ1n) is 8.64. The Balaban J connectivity index is 0.00000210. The van der Waals surface area contributed by atoms with Crippen LogP contribution >= 0.6 is 13.5 Å². The third kappa shape index (κ3) is 3.77. The second kappa shape index (κ2) is 8.23. The fourth-order valence-electron chi connectivity index (χ4n) is 3.60. The van der Waals surface area contributed by atoms with E-state index >= 15 is 0 Å². The molecule has 5 nitrogen and oxygen atoms in total. The van der Waals surface area contributed by atoms with Crippen molar-refractivity contribution in [3.63, 3.8) is 0 Å². The van der Waals surface area contributed by atoms with Crippen molar-refractivity contribution in [2.45, 2.75) is 18.9 Å². The Bertz CT molecular complexity index is 982. The maximum Gasteiger partial charge on any atom is 0.491 e. The second-order valence-corrected chi connectivity index (χ2v) is 6.57. The number of rotatable bonds is 5. The Kier molecular flexibility index (Phi) is 5.96. The summed E-state index contributed by atoms with van der Waals surface area (Å²) in [5.74, 6) is -0.345. The average molecular weight is 380 g/mol. The maximum absolute atomic E-state index is 13.0. The molecule has 27 heavy (non-hydrogen) atoms. The van der Waals surface area contributed by atoms with Crippen LogP contribution < -0.4 is 11.2 Å². The average Bonchev–Trinajstić information content (AvgIpc) is 3.04. The SMILES string of the molecule is NC[C@@H](C(=O)Cc1ccc2cnccc2c1)c1cccc2c1COB2O.S. The smallest absolute Gasteiger partial charge is 0.423 e. The molecule has 0 bridgehead atoms. The first-order valence-corrected chi connectivity index (χ1v) is 8.64. The molecule has 0 aliphatic carbocycles. The Hall–Kier alpha value is -2.19. The van der Waals surface area contributed by atoms with Crippen LogP contribution in [0.1, 0.15) is 22.6 Å². The Morgan fingerprint density at radius 1 is 1.26 bits per heavy atom. The van der Waals surface area contributed by atoms with E-state index < -0.39 is 13.0 Å². The van der Waals surface area contributed by atoms with Gasteiger partial charge in [0.15, 0.2) is 0 Å². The zero-order valence-electron chi connectivity index (χ0n) is 14.8. The molecule has 0 spiro atoms. The van der Waals surface area contributed by atoms with Gasteiger partial charge >= 0.3 is 7.12 Å². The number of ketones is 1. The molecule has 3 N–H and O–H groups in total. The lowest BCUT2D eigenvalue weighted by molar-refractivity contribution is -0.119. The van der Waals surface area contributed by atoms with Crippen molar-refractivity contribution >= 4 is 42.6 Å². The summed E-state index contributed by atoms with van der Waals surface area (Å²) >= 11 is 0. The number of nitrogens with two attached hydrogens (primary N) is 1. The molecular weight excluding hydrogens is 359 g/mol. The number of pyridine rings is 1. The number of Topliss-reactive ketones (excluding diaryl/α,β-unsaturated/α-hetero) is 1. The van der Waals surface area contributed by atoms with E-state index in [1.165, 1.54) is 0 Å². The van der Waals surface area contributed by atoms with E-state index in [1.54, 1.807) is 6.20 Å². The number of hydrogen-bond donors (Lipinski definition) is 2. The van der Waals surface area contributed by atoms with E-state index in [4.69, 9.17) is 10.4 Å². The van der Waals surface area contributed by atoms with Crippen LogP contribution in [0.4, 0.5) is 0 Å². The van der Waals surface area contributed by atoms with E-state index in [0.29, 0.717) is 13.0 Å². The fourth-order valence-corrected chi connectivity index (χ4v) is 3.60. The summed E-state index contributed by atoms with van der Waals surface area (Å²) in [5, 5.41) is 12.0. The molecule has 0 fully saturated rings. The topological polar surface area (TPSA) is 85.4 Å². The van der Waals surface area contributed by atoms with E-state index in [9.17, 15) is 9.82 Å². The van der Waals surface area contributed by atoms with Gasteiger partial charge in [0, 0.05) is 30.7 Å². The third-order valence-electron chi connectivity index (χ3n) is 4.98. The lowest BCUT2D eigenvalue weighted by atomic mass is 9.76. The number of benzene rings is 2. The molecule has 1 aliphatic heterocycles. The second-order valence-electron chi connectivity index (χ2n) is 6.57. The van der Waals surface area contributed by atoms with Gasteiger partial charge in [-0.1, -0.05) is 36.4 Å². The van der Waals surface area contributed by atoms with Gasteiger partial charge in [-0.3, -0.25) is 9.78 Å². The summed E-state index contributed by atoms with van der Waals surface area (Å²) in [6.45, 7) is 0.530. The zero-order chi connectivity index (χ0) is 18.1. The highest BCUT2D eigenvalue weighted by molar-refractivity contribution is 7.59. The van der Waals surface area contributed by atoms with Crippen LogP contribution in [0.15, 0.2) is 54.9 Å². The van der Waals surface area contributed by atoms with Gasteiger partial charge in [-0.15, -0.1) is 0 Å². The van der Waals surface area contributed by atoms with Crippen LogP contribution in [-0.2, 0) is 22.5 Å². The molecule has 2 aromatic carbocycles. The van der Waals surface area contributed by atoms with Crippen LogP contribution in [0.25, 0.3) is 10.8 Å². The summed E-state index contributed by atoms with van der Waals surface area (Å²) in [5.41, 5.74) is 9.37. The van der Waals surface area contributed by atoms with E-state index in [0.717, 1.165) is 32.9 Å². The normalized spacial score (nSPS) is 13.9. The Morgan fingerprint density at radius 3 is 2.93 bits per heavy atom. The molecular formula is C20H21BN2O3S. The zero-order valence-corrected chi connectivity index (χ0v) is 15.8. The van der Waals surface area contributed by atoms with Gasteiger partial charge in [-0.25, -0.2) is 0 Å². The van der Waals surface area contributed by atoms with Gasteiger partial charge in [0.05, 0.1) is 12.5 Å². The molecule has 0 saturated carbocycles. The van der Waals surface area contributed by atoms with Crippen LogP contribution in [0.2, 0.25) is 0 Å². The molecule has 0 amide bonds. The number of carbonyl (C=O) groups excluding carboxylic acids is 1. The summed E-state index contributed by atoms with van der Waals surface area (Å²) in [7, 11) is -0.924. The number of nitrogens with zero attached hydrogens (tertiary/aromatic N) is 1. The molecule has 0 unspecified atom stereocenters. The molecule has 1 aliphatic rings. The van der Waals surface area contributed by atoms with Crippen LogP contribution in [0.5, 0.6) is 0 Å². The molecule has 1 aromatic heterocycles. The highest BCUT2D eigenvalue weighted by atomic mass is 32.1. The summed E-state index contributed by atoms with van der Waals surface area (Å²) in [4.78, 5) is 17.1. The molecule has 2 heterocycles. The molecule has 7 heteroatoms. The standard InChI is InChI=1S/C20H19BN2O3.H2S/c22-10-17(16-2-1-3-19-18(16)12-26-21(19)25)20(24)9-13-4-5-15-11-23-7-6-14(15)8-13;/h1-8,11,17,25H,9-10,12,22H2;1H2/t17-;/m1./s1. The van der Waals surface area contributed by atoms with Gasteiger partial charge < -0.3 is 15.4 Å². The van der Waals surface area contributed by atoms with Crippen LogP contribution in [0.3, 0.4) is 0 Å². The van der Waals surface area contributed by atoms with Gasteiger partial charge in [0.2, 0.25) is 0 Å². The van der Waals surface area contributed by atoms with Gasteiger partial charge in [-0.2, -0.15) is 13.5 Å². The number of carbonyl (C=O) groups is 1. The quantitative estimate of drug-likeness (QED) is 0.654. The van der Waals surface area contributed by atoms with Crippen molar-refractivity contribution in [2.75, 3.05) is 6.54 Å². The van der Waals surface area contributed by atoms with Crippen molar-refractivity contribution < 1.29 is 14.5 Å². The largest absolute Gasteiger partial charge is 0.491 e. The minimum Gasteiger partial charge on any atom is -0.423 e. The van der Waals surface area contributed by atoms with E-state index in [-0.39, 0.29) is 25.8 Å². The van der Waals surface area contributed by atoms with Gasteiger partial charge in [-0.05, 0) is 33.6 Å². The number of hydrogen-bond acceptors (Lipinski definition) is 5. The van der Waals surface area contributed by atoms with E-state index in [2.05, 4.69) is 4.98 Å². The van der Waals surface area contributed by atoms with Crippen molar-refractivity contribution in [3.05, 3.63) is 71.5 Å². The molecule has 1 atom stereocenters. The summed E-state index contributed by atoms with van der Waals surface area (Å²) < 4.78 is 5.30.